The van der Waals surface area contributed by atoms with Crippen molar-refractivity contribution in [3.8, 4) is 0 Å². The van der Waals surface area contributed by atoms with Crippen LogP contribution in [0.25, 0.3) is 0 Å². The van der Waals surface area contributed by atoms with Gasteiger partial charge < -0.3 is 20.6 Å². The van der Waals surface area contributed by atoms with Gasteiger partial charge in [-0.15, -0.1) is 0 Å². The molecule has 1 aliphatic carbocycles. The van der Waals surface area contributed by atoms with E-state index in [-0.39, 0.29) is 18.0 Å². The largest absolute Gasteiger partial charge is 0.479 e. The number of nitrogens with one attached hydrogen (secondary N) is 2. The molecule has 1 aliphatic rings. The molecule has 1 fully saturated rings. The molecule has 0 bridgehead atoms. The second kappa shape index (κ2) is 8.21. The second-order valence-corrected chi connectivity index (χ2v) is 7.10. The van der Waals surface area contributed by atoms with Crippen LogP contribution in [0.3, 0.4) is 0 Å². The summed E-state index contributed by atoms with van der Waals surface area (Å²) in [6.45, 7) is 3.70. The second-order valence-electron chi connectivity index (χ2n) is 7.10. The van der Waals surface area contributed by atoms with E-state index in [1.807, 2.05) is 13.8 Å². The van der Waals surface area contributed by atoms with Gasteiger partial charge in [-0.3, -0.25) is 4.79 Å². The monoisotopic (exact) mass is 361 g/mol. The van der Waals surface area contributed by atoms with Gasteiger partial charge in [-0.2, -0.15) is 0 Å². The lowest BCUT2D eigenvalue weighted by molar-refractivity contribution is -0.151. The average Bonchev–Trinajstić information content (AvgIpc) is 2.60. The molecule has 0 atom stereocenters. The van der Waals surface area contributed by atoms with E-state index in [9.17, 15) is 19.5 Å². The van der Waals surface area contributed by atoms with Gasteiger partial charge >= 0.3 is 12.0 Å². The standard InChI is InChI=1S/C19H27N3O4/c1-13(2)20-18(26)21-15-9-7-8-14(12-15)16(23)22(3)19(17(24)25)10-5-4-6-11-19/h7-9,12-13H,4-6,10-11H2,1-3H3,(H,24,25)(H2,20,21,26). The summed E-state index contributed by atoms with van der Waals surface area (Å²) in [6, 6.07) is 6.18. The maximum atomic E-state index is 12.9. The molecule has 2 rings (SSSR count). The summed E-state index contributed by atoms with van der Waals surface area (Å²) in [7, 11) is 1.55. The maximum Gasteiger partial charge on any atom is 0.329 e. The zero-order valence-corrected chi connectivity index (χ0v) is 15.5. The number of carbonyl (C=O) groups excluding carboxylic acids is 2. The number of aliphatic carboxylic acids is 1. The van der Waals surface area contributed by atoms with Gasteiger partial charge in [-0.05, 0) is 44.9 Å². The van der Waals surface area contributed by atoms with Gasteiger partial charge in [0, 0.05) is 24.3 Å². The van der Waals surface area contributed by atoms with Gasteiger partial charge in [0.25, 0.3) is 5.91 Å². The molecule has 0 heterocycles. The first kappa shape index (κ1) is 19.8. The fourth-order valence-electron chi connectivity index (χ4n) is 3.38. The summed E-state index contributed by atoms with van der Waals surface area (Å²) in [5, 5.41) is 15.1. The van der Waals surface area contributed by atoms with Gasteiger partial charge in [-0.1, -0.05) is 25.3 Å². The third-order valence-electron chi connectivity index (χ3n) is 4.81. The molecule has 1 aromatic rings. The summed E-state index contributed by atoms with van der Waals surface area (Å²) in [5.41, 5.74) is -0.329. The molecule has 0 spiro atoms. The Balaban J connectivity index is 2.19. The van der Waals surface area contributed by atoms with E-state index in [4.69, 9.17) is 0 Å². The Hall–Kier alpha value is -2.57. The molecule has 7 heteroatoms. The number of likely N-dealkylation sites (N-methyl/N-ethyl adjacent to an activating group) is 1. The van der Waals surface area contributed by atoms with E-state index < -0.39 is 11.5 Å². The van der Waals surface area contributed by atoms with E-state index in [1.54, 1.807) is 31.3 Å². The highest BCUT2D eigenvalue weighted by atomic mass is 16.4. The Kier molecular flexibility index (Phi) is 6.23. The molecule has 26 heavy (non-hydrogen) atoms. The van der Waals surface area contributed by atoms with Crippen molar-refractivity contribution in [3.05, 3.63) is 29.8 Å². The number of nitrogens with zero attached hydrogens (tertiary/aromatic N) is 1. The Morgan fingerprint density at radius 3 is 2.38 bits per heavy atom. The first-order chi connectivity index (χ1) is 12.3. The zero-order valence-electron chi connectivity index (χ0n) is 15.5. The van der Waals surface area contributed by atoms with Crippen molar-refractivity contribution in [1.82, 2.24) is 10.2 Å². The molecule has 3 amide bonds. The van der Waals surface area contributed by atoms with Crippen LogP contribution >= 0.6 is 0 Å². The molecule has 3 N–H and O–H groups in total. The van der Waals surface area contributed by atoms with Crippen LogP contribution < -0.4 is 10.6 Å². The molecular formula is C19H27N3O4. The van der Waals surface area contributed by atoms with Crippen molar-refractivity contribution < 1.29 is 19.5 Å². The number of hydrogen-bond acceptors (Lipinski definition) is 3. The van der Waals surface area contributed by atoms with E-state index in [0.717, 1.165) is 19.3 Å². The van der Waals surface area contributed by atoms with Crippen molar-refractivity contribution in [2.45, 2.75) is 57.5 Å². The number of urea groups is 1. The van der Waals surface area contributed by atoms with Gasteiger partial charge in [0.15, 0.2) is 0 Å². The summed E-state index contributed by atoms with van der Waals surface area (Å²) >= 11 is 0. The summed E-state index contributed by atoms with van der Waals surface area (Å²) in [6.07, 6.45) is 3.49. The molecule has 142 valence electrons. The molecule has 0 radical (unpaired) electrons. The van der Waals surface area contributed by atoms with Gasteiger partial charge in [0.1, 0.15) is 5.54 Å². The Morgan fingerprint density at radius 2 is 1.81 bits per heavy atom. The number of carbonyl (C=O) groups is 3. The number of benzene rings is 1. The molecule has 7 nitrogen and oxygen atoms in total. The number of carboxylic acid groups (broad SMARTS) is 1. The highest BCUT2D eigenvalue weighted by molar-refractivity contribution is 5.99. The number of carboxylic acids is 1. The van der Waals surface area contributed by atoms with Crippen molar-refractivity contribution in [3.63, 3.8) is 0 Å². The molecule has 0 saturated heterocycles. The maximum absolute atomic E-state index is 12.9. The normalized spacial score (nSPS) is 16.0. The first-order valence-corrected chi connectivity index (χ1v) is 8.95. The minimum atomic E-state index is -1.16. The summed E-state index contributed by atoms with van der Waals surface area (Å²) in [4.78, 5) is 38.0. The van der Waals surface area contributed by atoms with E-state index in [0.29, 0.717) is 24.1 Å². The van der Waals surface area contributed by atoms with Crippen molar-refractivity contribution in [2.24, 2.45) is 0 Å². The Morgan fingerprint density at radius 1 is 1.15 bits per heavy atom. The minimum absolute atomic E-state index is 0.00678. The lowest BCUT2D eigenvalue weighted by Gasteiger charge is -2.41. The fourth-order valence-corrected chi connectivity index (χ4v) is 3.38. The van der Waals surface area contributed by atoms with Crippen LogP contribution in [0.2, 0.25) is 0 Å². The topological polar surface area (TPSA) is 98.7 Å². The van der Waals surface area contributed by atoms with Crippen molar-refractivity contribution in [2.75, 3.05) is 12.4 Å². The number of amides is 3. The zero-order chi connectivity index (χ0) is 19.3. The SMILES string of the molecule is CC(C)NC(=O)Nc1cccc(C(=O)N(C)C2(C(=O)O)CCCCC2)c1. The highest BCUT2D eigenvalue weighted by Gasteiger charge is 2.45. The van der Waals surface area contributed by atoms with Crippen LogP contribution in [-0.2, 0) is 4.79 Å². The molecule has 0 unspecified atom stereocenters. The smallest absolute Gasteiger partial charge is 0.329 e. The molecule has 1 saturated carbocycles. The van der Waals surface area contributed by atoms with Crippen LogP contribution in [0.1, 0.15) is 56.3 Å². The third-order valence-corrected chi connectivity index (χ3v) is 4.81. The van der Waals surface area contributed by atoms with E-state index in [2.05, 4.69) is 10.6 Å². The third kappa shape index (κ3) is 4.33. The van der Waals surface area contributed by atoms with Crippen molar-refractivity contribution in [1.29, 1.82) is 0 Å². The number of hydrogen-bond donors (Lipinski definition) is 3. The lowest BCUT2D eigenvalue weighted by Crippen LogP contribution is -2.56. The molecule has 0 aliphatic heterocycles. The predicted octanol–water partition coefficient (Wildman–Crippen LogP) is 3.08. The van der Waals surface area contributed by atoms with Gasteiger partial charge in [0.05, 0.1) is 0 Å². The van der Waals surface area contributed by atoms with Crippen LogP contribution in [0.4, 0.5) is 10.5 Å². The van der Waals surface area contributed by atoms with Gasteiger partial charge in [0.2, 0.25) is 0 Å². The lowest BCUT2D eigenvalue weighted by atomic mass is 9.80. The summed E-state index contributed by atoms with van der Waals surface area (Å²) in [5.74, 6) is -1.32. The van der Waals surface area contributed by atoms with Crippen LogP contribution in [0.5, 0.6) is 0 Å². The molecule has 1 aromatic carbocycles. The number of anilines is 1. The van der Waals surface area contributed by atoms with Crippen LogP contribution in [-0.4, -0.2) is 46.5 Å². The quantitative estimate of drug-likeness (QED) is 0.750. The van der Waals surface area contributed by atoms with Crippen LogP contribution in [0, 0.1) is 0 Å². The molecular weight excluding hydrogens is 334 g/mol. The Labute approximate surface area is 153 Å². The van der Waals surface area contributed by atoms with E-state index >= 15 is 0 Å². The molecule has 0 aromatic heterocycles. The minimum Gasteiger partial charge on any atom is -0.479 e. The average molecular weight is 361 g/mol. The van der Waals surface area contributed by atoms with Gasteiger partial charge in [-0.25, -0.2) is 9.59 Å². The summed E-state index contributed by atoms with van der Waals surface area (Å²) < 4.78 is 0. The number of rotatable bonds is 5. The highest BCUT2D eigenvalue weighted by Crippen LogP contribution is 2.34. The predicted molar refractivity (Wildman–Crippen MR) is 99.3 cm³/mol. The Bertz CT molecular complexity index is 681. The first-order valence-electron chi connectivity index (χ1n) is 8.95. The van der Waals surface area contributed by atoms with E-state index in [1.165, 1.54) is 4.90 Å². The van der Waals surface area contributed by atoms with Crippen molar-refractivity contribution >= 4 is 23.6 Å². The fraction of sp³-hybridized carbons (Fsp3) is 0.526. The van der Waals surface area contributed by atoms with Crippen LogP contribution in [0.15, 0.2) is 24.3 Å².